The van der Waals surface area contributed by atoms with E-state index >= 15 is 0 Å². The van der Waals surface area contributed by atoms with E-state index in [1.165, 1.54) is 12.1 Å². The number of halogens is 1. The van der Waals surface area contributed by atoms with Gasteiger partial charge >= 0.3 is 0 Å². The van der Waals surface area contributed by atoms with E-state index < -0.39 is 10.0 Å². The molecule has 0 radical (unpaired) electrons. The molecule has 2 N–H and O–H groups in total. The summed E-state index contributed by atoms with van der Waals surface area (Å²) in [6.07, 6.45) is 5.29. The van der Waals surface area contributed by atoms with Crippen LogP contribution in [0.4, 0.5) is 0 Å². The van der Waals surface area contributed by atoms with Gasteiger partial charge < -0.3 is 5.32 Å². The number of nitrogens with zero attached hydrogens (tertiary/aromatic N) is 3. The predicted octanol–water partition coefficient (Wildman–Crippen LogP) is 2.11. The largest absolute Gasteiger partial charge is 0.356 e. The van der Waals surface area contributed by atoms with Crippen LogP contribution < -0.4 is 10.0 Å². The fourth-order valence-electron chi connectivity index (χ4n) is 2.79. The molecular formula is C19H22ClN5O3S. The average molecular weight is 436 g/mol. The highest BCUT2D eigenvalue weighted by Crippen LogP contribution is 2.15. The van der Waals surface area contributed by atoms with Gasteiger partial charge in [-0.05, 0) is 43.5 Å². The van der Waals surface area contributed by atoms with Crippen molar-refractivity contribution in [1.82, 2.24) is 24.6 Å². The molecule has 0 aliphatic carbocycles. The van der Waals surface area contributed by atoms with Gasteiger partial charge in [-0.3, -0.25) is 4.79 Å². The second kappa shape index (κ2) is 9.34. The van der Waals surface area contributed by atoms with Crippen molar-refractivity contribution < 1.29 is 13.2 Å². The summed E-state index contributed by atoms with van der Waals surface area (Å²) >= 11 is 5.82. The Morgan fingerprint density at radius 1 is 1.24 bits per heavy atom. The van der Waals surface area contributed by atoms with Crippen LogP contribution in [0.15, 0.2) is 47.6 Å². The van der Waals surface area contributed by atoms with Gasteiger partial charge in [0.1, 0.15) is 0 Å². The van der Waals surface area contributed by atoms with Gasteiger partial charge in [-0.15, -0.1) is 0 Å². The van der Waals surface area contributed by atoms with Crippen LogP contribution >= 0.6 is 11.6 Å². The van der Waals surface area contributed by atoms with Crippen molar-refractivity contribution in [2.24, 2.45) is 0 Å². The third kappa shape index (κ3) is 5.99. The van der Waals surface area contributed by atoms with Gasteiger partial charge in [0.15, 0.2) is 5.65 Å². The molecule has 0 atom stereocenters. The summed E-state index contributed by atoms with van der Waals surface area (Å²) in [5.74, 6) is -0.213. The Kier molecular flexibility index (Phi) is 6.83. The van der Waals surface area contributed by atoms with Crippen LogP contribution in [0.25, 0.3) is 5.65 Å². The zero-order valence-electron chi connectivity index (χ0n) is 15.9. The fraction of sp³-hybridized carbons (Fsp3) is 0.316. The lowest BCUT2D eigenvalue weighted by Crippen LogP contribution is -2.31. The Morgan fingerprint density at radius 2 is 2.07 bits per heavy atom. The molecule has 0 bridgehead atoms. The molecule has 0 aliphatic rings. The Morgan fingerprint density at radius 3 is 2.86 bits per heavy atom. The van der Waals surface area contributed by atoms with Crippen molar-refractivity contribution in [2.75, 3.05) is 13.1 Å². The third-order valence-corrected chi connectivity index (χ3v) is 5.90. The molecule has 8 nitrogen and oxygen atoms in total. The molecule has 0 saturated carbocycles. The number of amides is 1. The Labute approximate surface area is 174 Å². The molecule has 0 spiro atoms. The van der Waals surface area contributed by atoms with Crippen LogP contribution in [0.3, 0.4) is 0 Å². The maximum Gasteiger partial charge on any atom is 0.240 e. The Bertz CT molecular complexity index is 1110. The summed E-state index contributed by atoms with van der Waals surface area (Å²) in [6.45, 7) is 2.43. The molecule has 3 aromatic rings. The summed E-state index contributed by atoms with van der Waals surface area (Å²) < 4.78 is 28.5. The molecule has 0 fully saturated rings. The van der Waals surface area contributed by atoms with Crippen LogP contribution in [0.5, 0.6) is 0 Å². The molecule has 3 rings (SSSR count). The molecule has 29 heavy (non-hydrogen) atoms. The van der Waals surface area contributed by atoms with Crippen molar-refractivity contribution in [3.05, 3.63) is 59.0 Å². The van der Waals surface area contributed by atoms with Gasteiger partial charge in [0.2, 0.25) is 15.9 Å². The van der Waals surface area contributed by atoms with Gasteiger partial charge in [-0.1, -0.05) is 17.7 Å². The van der Waals surface area contributed by atoms with Gasteiger partial charge in [0.25, 0.3) is 0 Å². The smallest absolute Gasteiger partial charge is 0.240 e. The van der Waals surface area contributed by atoms with Crippen LogP contribution in [0.2, 0.25) is 5.02 Å². The molecule has 0 saturated heterocycles. The minimum absolute atomic E-state index is 0.0138. The van der Waals surface area contributed by atoms with Crippen molar-refractivity contribution >= 4 is 33.2 Å². The van der Waals surface area contributed by atoms with Crippen molar-refractivity contribution in [3.63, 3.8) is 0 Å². The second-order valence-corrected chi connectivity index (χ2v) is 8.81. The Balaban J connectivity index is 1.37. The van der Waals surface area contributed by atoms with E-state index in [2.05, 4.69) is 20.1 Å². The number of carbonyl (C=O) groups excluding carboxylic acids is 1. The van der Waals surface area contributed by atoms with Crippen molar-refractivity contribution in [1.29, 1.82) is 0 Å². The number of sulfonamides is 1. The highest BCUT2D eigenvalue weighted by Gasteiger charge is 2.14. The zero-order valence-corrected chi connectivity index (χ0v) is 17.5. The number of benzene rings is 1. The normalized spacial score (nSPS) is 11.7. The molecule has 2 heterocycles. The molecule has 1 amide bonds. The summed E-state index contributed by atoms with van der Waals surface area (Å²) in [7, 11) is -3.69. The van der Waals surface area contributed by atoms with Gasteiger partial charge in [0, 0.05) is 43.0 Å². The number of nitrogens with one attached hydrogen (secondary N) is 2. The van der Waals surface area contributed by atoms with Gasteiger partial charge in [-0.25, -0.2) is 22.6 Å². The first-order valence-corrected chi connectivity index (χ1v) is 11.0. The minimum atomic E-state index is -3.69. The highest BCUT2D eigenvalue weighted by atomic mass is 35.5. The van der Waals surface area contributed by atoms with Crippen LogP contribution in [0, 0.1) is 6.92 Å². The van der Waals surface area contributed by atoms with E-state index in [9.17, 15) is 13.2 Å². The number of hydrogen-bond acceptors (Lipinski definition) is 5. The number of hydrogen-bond donors (Lipinski definition) is 2. The van der Waals surface area contributed by atoms with E-state index in [0.717, 1.165) is 29.7 Å². The number of aryl methyl sites for hydroxylation is 2. The molecule has 2 aromatic heterocycles. The first kappa shape index (κ1) is 21.2. The molecular weight excluding hydrogens is 414 g/mol. The number of aromatic nitrogens is 3. The van der Waals surface area contributed by atoms with Crippen LogP contribution in [-0.2, 0) is 21.2 Å². The molecule has 0 unspecified atom stereocenters. The van der Waals surface area contributed by atoms with E-state index in [1.54, 1.807) is 16.6 Å². The lowest BCUT2D eigenvalue weighted by atomic mass is 10.2. The first-order chi connectivity index (χ1) is 13.8. The predicted molar refractivity (Wildman–Crippen MR) is 110 cm³/mol. The topological polar surface area (TPSA) is 105 Å². The highest BCUT2D eigenvalue weighted by molar-refractivity contribution is 7.89. The molecule has 10 heteroatoms. The lowest BCUT2D eigenvalue weighted by molar-refractivity contribution is -0.120. The monoisotopic (exact) mass is 435 g/mol. The van der Waals surface area contributed by atoms with Gasteiger partial charge in [-0.2, -0.15) is 5.10 Å². The van der Waals surface area contributed by atoms with Crippen molar-refractivity contribution in [2.45, 2.75) is 31.1 Å². The molecule has 0 aliphatic heterocycles. The summed E-state index contributed by atoms with van der Waals surface area (Å²) in [6, 6.07) is 7.87. The van der Waals surface area contributed by atoms with Crippen molar-refractivity contribution in [3.8, 4) is 0 Å². The van der Waals surface area contributed by atoms with Gasteiger partial charge in [0.05, 0.1) is 10.6 Å². The van der Waals surface area contributed by atoms with E-state index in [4.69, 9.17) is 11.6 Å². The SMILES string of the molecule is Cc1cc2ncc(CCCNC(=O)CCNS(=O)(=O)c3cccc(Cl)c3)cn2n1. The molecule has 1 aromatic carbocycles. The third-order valence-electron chi connectivity index (χ3n) is 4.20. The van der Waals surface area contributed by atoms with Crippen LogP contribution in [0.1, 0.15) is 24.1 Å². The Hall–Kier alpha value is -2.49. The van der Waals surface area contributed by atoms with E-state index in [-0.39, 0.29) is 23.8 Å². The fourth-order valence-corrected chi connectivity index (χ4v) is 4.12. The quantitative estimate of drug-likeness (QED) is 0.501. The zero-order chi connectivity index (χ0) is 20.9. The van der Waals surface area contributed by atoms with E-state index in [0.29, 0.717) is 11.6 Å². The molecule has 154 valence electrons. The summed E-state index contributed by atoms with van der Waals surface area (Å²) in [4.78, 5) is 16.3. The first-order valence-electron chi connectivity index (χ1n) is 9.16. The minimum Gasteiger partial charge on any atom is -0.356 e. The summed E-state index contributed by atoms with van der Waals surface area (Å²) in [5, 5.41) is 7.46. The van der Waals surface area contributed by atoms with E-state index in [1.807, 2.05) is 25.4 Å². The number of rotatable bonds is 9. The standard InChI is InChI=1S/C19H22ClN5O3S/c1-14-10-18-22-12-15(13-25(18)24-14)4-3-8-21-19(26)7-9-23-29(27,28)17-6-2-5-16(20)11-17/h2,5-6,10-13,23H,3-4,7-9H2,1H3,(H,21,26). The number of fused-ring (bicyclic) bond motifs is 1. The average Bonchev–Trinajstić information content (AvgIpc) is 3.04. The van der Waals surface area contributed by atoms with Crippen LogP contribution in [-0.4, -0.2) is 42.0 Å². The summed E-state index contributed by atoms with van der Waals surface area (Å²) in [5.41, 5.74) is 2.75. The maximum absolute atomic E-state index is 12.2. The number of carbonyl (C=O) groups is 1. The maximum atomic E-state index is 12.2. The second-order valence-electron chi connectivity index (χ2n) is 6.61. The lowest BCUT2D eigenvalue weighted by Gasteiger charge is -2.08.